The Balaban J connectivity index is 1.67. The van der Waals surface area contributed by atoms with Crippen LogP contribution >= 0.6 is 11.6 Å². The molecule has 2 N–H and O–H groups in total. The fourth-order valence-corrected chi connectivity index (χ4v) is 3.12. The smallest absolute Gasteiger partial charge is 0.246 e. The van der Waals surface area contributed by atoms with Gasteiger partial charge < -0.3 is 15.5 Å². The van der Waals surface area contributed by atoms with Crippen LogP contribution in [0.3, 0.4) is 0 Å². The molecule has 1 heterocycles. The number of nitrogens with one attached hydrogen (secondary N) is 2. The van der Waals surface area contributed by atoms with Gasteiger partial charge in [0.2, 0.25) is 11.8 Å². The summed E-state index contributed by atoms with van der Waals surface area (Å²) in [7, 11) is 0. The van der Waals surface area contributed by atoms with Crippen molar-refractivity contribution >= 4 is 40.5 Å². The highest BCUT2D eigenvalue weighted by Gasteiger charge is 2.22. The summed E-state index contributed by atoms with van der Waals surface area (Å²) in [4.78, 5) is 25.7. The van der Waals surface area contributed by atoms with Gasteiger partial charge in [-0.2, -0.15) is 0 Å². The van der Waals surface area contributed by atoms with E-state index in [1.165, 1.54) is 0 Å². The topological polar surface area (TPSA) is 61.4 Å². The van der Waals surface area contributed by atoms with Crippen LogP contribution in [-0.4, -0.2) is 24.4 Å². The van der Waals surface area contributed by atoms with Gasteiger partial charge in [0.05, 0.1) is 10.7 Å². The number of halogens is 1. The Morgan fingerprint density at radius 1 is 1.20 bits per heavy atom. The van der Waals surface area contributed by atoms with Gasteiger partial charge in [0.15, 0.2) is 0 Å². The molecule has 0 saturated heterocycles. The number of benzene rings is 2. The number of nitrogens with zero attached hydrogens (tertiary/aromatic N) is 1. The lowest BCUT2D eigenvalue weighted by Crippen LogP contribution is -2.32. The minimum Gasteiger partial charge on any atom is -0.374 e. The average molecular weight is 358 g/mol. The largest absolute Gasteiger partial charge is 0.374 e. The van der Waals surface area contributed by atoms with Gasteiger partial charge in [-0.05, 0) is 49.2 Å². The molecule has 0 unspecified atom stereocenters. The number of rotatable bonds is 4. The molecule has 0 saturated carbocycles. The molecule has 1 aliphatic rings. The second kappa shape index (κ2) is 7.15. The van der Waals surface area contributed by atoms with Crippen LogP contribution in [-0.2, 0) is 16.0 Å². The van der Waals surface area contributed by atoms with Gasteiger partial charge in [-0.1, -0.05) is 23.7 Å². The first-order valence-corrected chi connectivity index (χ1v) is 8.56. The van der Waals surface area contributed by atoms with Crippen LogP contribution in [0.5, 0.6) is 0 Å². The van der Waals surface area contributed by atoms with Crippen LogP contribution in [0.2, 0.25) is 5.02 Å². The summed E-state index contributed by atoms with van der Waals surface area (Å²) in [6.45, 7) is 4.07. The SMILES string of the molecule is CC(=O)N1CCc2cc(N[C@H](C)C(=O)Nc3ccccc3Cl)ccc21. The molecule has 0 radical (unpaired) electrons. The van der Waals surface area contributed by atoms with E-state index < -0.39 is 6.04 Å². The van der Waals surface area contributed by atoms with Gasteiger partial charge in [0.25, 0.3) is 0 Å². The second-order valence-electron chi connectivity index (χ2n) is 6.10. The predicted octanol–water partition coefficient (Wildman–Crippen LogP) is 3.69. The fourth-order valence-electron chi connectivity index (χ4n) is 2.94. The van der Waals surface area contributed by atoms with Crippen molar-refractivity contribution < 1.29 is 9.59 Å². The van der Waals surface area contributed by atoms with Crippen LogP contribution in [0, 0.1) is 0 Å². The first kappa shape index (κ1) is 17.3. The van der Waals surface area contributed by atoms with E-state index in [1.807, 2.05) is 30.3 Å². The van der Waals surface area contributed by atoms with E-state index in [0.29, 0.717) is 17.3 Å². The van der Waals surface area contributed by atoms with Crippen molar-refractivity contribution in [2.75, 3.05) is 22.1 Å². The molecule has 130 valence electrons. The van der Waals surface area contributed by atoms with Crippen LogP contribution in [0.4, 0.5) is 17.1 Å². The molecular formula is C19H20ClN3O2. The van der Waals surface area contributed by atoms with Gasteiger partial charge in [-0.15, -0.1) is 0 Å². The molecular weight excluding hydrogens is 338 g/mol. The van der Waals surface area contributed by atoms with Crippen molar-refractivity contribution in [2.24, 2.45) is 0 Å². The molecule has 2 amide bonds. The zero-order valence-electron chi connectivity index (χ0n) is 14.2. The summed E-state index contributed by atoms with van der Waals surface area (Å²) < 4.78 is 0. The summed E-state index contributed by atoms with van der Waals surface area (Å²) in [5.74, 6) is -0.120. The zero-order chi connectivity index (χ0) is 18.0. The van der Waals surface area contributed by atoms with Crippen molar-refractivity contribution in [1.82, 2.24) is 0 Å². The van der Waals surface area contributed by atoms with E-state index >= 15 is 0 Å². The van der Waals surface area contributed by atoms with Gasteiger partial charge in [-0.3, -0.25) is 9.59 Å². The maximum atomic E-state index is 12.4. The summed E-state index contributed by atoms with van der Waals surface area (Å²) in [6.07, 6.45) is 0.824. The molecule has 2 aromatic carbocycles. The Labute approximate surface area is 152 Å². The quantitative estimate of drug-likeness (QED) is 0.877. The van der Waals surface area contributed by atoms with Gasteiger partial charge >= 0.3 is 0 Å². The highest BCUT2D eigenvalue weighted by molar-refractivity contribution is 6.33. The first-order chi connectivity index (χ1) is 12.0. The van der Waals surface area contributed by atoms with Crippen molar-refractivity contribution in [1.29, 1.82) is 0 Å². The third-order valence-corrected chi connectivity index (χ3v) is 4.59. The molecule has 0 aromatic heterocycles. The van der Waals surface area contributed by atoms with Gasteiger partial charge in [0.1, 0.15) is 6.04 Å². The minimum atomic E-state index is -0.431. The lowest BCUT2D eigenvalue weighted by molar-refractivity contribution is -0.117. The molecule has 1 aliphatic heterocycles. The standard InChI is InChI=1S/C19H20ClN3O2/c1-12(19(25)22-17-6-4-3-5-16(17)20)21-15-7-8-18-14(11-15)9-10-23(18)13(2)24/h3-8,11-12,21H,9-10H2,1-2H3,(H,22,25)/t12-/m1/s1. The molecule has 6 heteroatoms. The number of carbonyl (C=O) groups excluding carboxylic acids is 2. The highest BCUT2D eigenvalue weighted by atomic mass is 35.5. The first-order valence-electron chi connectivity index (χ1n) is 8.18. The normalized spacial score (nSPS) is 14.0. The molecule has 2 aromatic rings. The number of carbonyl (C=O) groups is 2. The number of para-hydroxylation sites is 1. The third kappa shape index (κ3) is 3.77. The van der Waals surface area contributed by atoms with Crippen LogP contribution in [0.25, 0.3) is 0 Å². The van der Waals surface area contributed by atoms with E-state index in [9.17, 15) is 9.59 Å². The molecule has 1 atom stereocenters. The monoisotopic (exact) mass is 357 g/mol. The van der Waals surface area contributed by atoms with Gasteiger partial charge in [-0.25, -0.2) is 0 Å². The third-order valence-electron chi connectivity index (χ3n) is 4.26. The number of fused-ring (bicyclic) bond motifs is 1. The molecule has 5 nitrogen and oxygen atoms in total. The van der Waals surface area contributed by atoms with Crippen molar-refractivity contribution in [3.05, 3.63) is 53.1 Å². The summed E-state index contributed by atoms with van der Waals surface area (Å²) >= 11 is 6.07. The lowest BCUT2D eigenvalue weighted by Gasteiger charge is -2.18. The summed E-state index contributed by atoms with van der Waals surface area (Å²) in [5, 5.41) is 6.52. The lowest BCUT2D eigenvalue weighted by atomic mass is 10.1. The Morgan fingerprint density at radius 2 is 1.96 bits per heavy atom. The van der Waals surface area contributed by atoms with E-state index in [-0.39, 0.29) is 11.8 Å². The van der Waals surface area contributed by atoms with E-state index in [0.717, 1.165) is 23.4 Å². The Hall–Kier alpha value is -2.53. The Morgan fingerprint density at radius 3 is 2.68 bits per heavy atom. The zero-order valence-corrected chi connectivity index (χ0v) is 14.9. The maximum Gasteiger partial charge on any atom is 0.246 e. The number of amides is 2. The maximum absolute atomic E-state index is 12.4. The number of hydrogen-bond acceptors (Lipinski definition) is 3. The molecule has 3 rings (SSSR count). The van der Waals surface area contributed by atoms with Crippen molar-refractivity contribution in [2.45, 2.75) is 26.3 Å². The van der Waals surface area contributed by atoms with Crippen LogP contribution in [0.1, 0.15) is 19.4 Å². The van der Waals surface area contributed by atoms with E-state index in [4.69, 9.17) is 11.6 Å². The second-order valence-corrected chi connectivity index (χ2v) is 6.51. The van der Waals surface area contributed by atoms with Gasteiger partial charge in [0, 0.05) is 24.8 Å². The predicted molar refractivity (Wildman–Crippen MR) is 101 cm³/mol. The molecule has 0 bridgehead atoms. The number of anilines is 3. The summed E-state index contributed by atoms with van der Waals surface area (Å²) in [6, 6.07) is 12.5. The van der Waals surface area contributed by atoms with Crippen molar-refractivity contribution in [3.8, 4) is 0 Å². The van der Waals surface area contributed by atoms with E-state index in [2.05, 4.69) is 10.6 Å². The van der Waals surface area contributed by atoms with Crippen LogP contribution < -0.4 is 15.5 Å². The average Bonchev–Trinajstić information content (AvgIpc) is 3.00. The molecule has 0 fully saturated rings. The highest BCUT2D eigenvalue weighted by Crippen LogP contribution is 2.30. The molecule has 0 spiro atoms. The number of hydrogen-bond donors (Lipinski definition) is 2. The van der Waals surface area contributed by atoms with Crippen LogP contribution in [0.15, 0.2) is 42.5 Å². The molecule has 0 aliphatic carbocycles. The molecule has 25 heavy (non-hydrogen) atoms. The van der Waals surface area contributed by atoms with Crippen molar-refractivity contribution in [3.63, 3.8) is 0 Å². The van der Waals surface area contributed by atoms with E-state index in [1.54, 1.807) is 30.9 Å². The Kier molecular flexibility index (Phi) is 4.95. The summed E-state index contributed by atoms with van der Waals surface area (Å²) in [5.41, 5.74) is 3.50. The Bertz CT molecular complexity index is 822. The minimum absolute atomic E-state index is 0.0481. The fraction of sp³-hybridized carbons (Fsp3) is 0.263.